The molecule has 7 nitrogen and oxygen atoms in total. The lowest BCUT2D eigenvalue weighted by Gasteiger charge is -2.29. The zero-order chi connectivity index (χ0) is 21.7. The van der Waals surface area contributed by atoms with Crippen LogP contribution >= 0.6 is 11.6 Å². The Morgan fingerprint density at radius 3 is 2.47 bits per heavy atom. The van der Waals surface area contributed by atoms with Crippen LogP contribution in [0, 0.1) is 0 Å². The maximum Gasteiger partial charge on any atom is 0.281 e. The van der Waals surface area contributed by atoms with E-state index in [1.54, 1.807) is 17.1 Å². The zero-order valence-corrected chi connectivity index (χ0v) is 18.4. The first-order valence-corrected chi connectivity index (χ1v) is 11.3. The van der Waals surface area contributed by atoms with Crippen molar-refractivity contribution in [1.29, 1.82) is 0 Å². The fourth-order valence-electron chi connectivity index (χ4n) is 3.16. The minimum atomic E-state index is -3.77. The van der Waals surface area contributed by atoms with Gasteiger partial charge in [0.25, 0.3) is 10.2 Å². The van der Waals surface area contributed by atoms with Crippen molar-refractivity contribution in [2.24, 2.45) is 5.10 Å². The molecule has 0 radical (unpaired) electrons. The number of rotatable bonds is 9. The molecule has 1 aliphatic rings. The Kier molecular flexibility index (Phi) is 7.43. The Labute approximate surface area is 181 Å². The number of nitrogens with zero attached hydrogens (tertiary/aromatic N) is 3. The molecule has 0 saturated carbocycles. The van der Waals surface area contributed by atoms with Crippen molar-refractivity contribution in [1.82, 2.24) is 19.4 Å². The number of hydrogen-bond donors (Lipinski definition) is 2. The summed E-state index contributed by atoms with van der Waals surface area (Å²) in [5, 5.41) is 9.83. The van der Waals surface area contributed by atoms with Gasteiger partial charge in [0.1, 0.15) is 6.67 Å². The van der Waals surface area contributed by atoms with Gasteiger partial charge in [-0.05, 0) is 23.3 Å². The van der Waals surface area contributed by atoms with Crippen molar-refractivity contribution in [3.05, 3.63) is 70.7 Å². The zero-order valence-electron chi connectivity index (χ0n) is 16.8. The Bertz CT molecular complexity index is 970. The Morgan fingerprint density at radius 2 is 1.87 bits per heavy atom. The number of hydrazone groups is 1. The van der Waals surface area contributed by atoms with Crippen LogP contribution in [0.5, 0.6) is 0 Å². The van der Waals surface area contributed by atoms with Gasteiger partial charge in [-0.25, -0.2) is 4.39 Å². The summed E-state index contributed by atoms with van der Waals surface area (Å²) < 4.78 is 41.2. The second kappa shape index (κ2) is 9.84. The van der Waals surface area contributed by atoms with Crippen molar-refractivity contribution >= 4 is 27.5 Å². The molecule has 2 aromatic carbocycles. The van der Waals surface area contributed by atoms with Crippen LogP contribution in [0.25, 0.3) is 0 Å². The summed E-state index contributed by atoms with van der Waals surface area (Å²) in [6.45, 7) is -0.231. The standard InChI is InChI=1S/C20H25ClFN5O2S/c1-26(2)30(28,29)25-20(23-13-12-22)27-14-18(15-6-4-3-5-7-15)19(24-27)16-8-10-17(21)11-9-16/h3-11,18,20,23,25H,12-14H2,1-2H3. The van der Waals surface area contributed by atoms with E-state index in [0.717, 1.165) is 21.1 Å². The van der Waals surface area contributed by atoms with E-state index in [9.17, 15) is 12.8 Å². The van der Waals surface area contributed by atoms with Gasteiger partial charge < -0.3 is 0 Å². The molecule has 2 unspecified atom stereocenters. The van der Waals surface area contributed by atoms with E-state index in [2.05, 4.69) is 10.0 Å². The topological polar surface area (TPSA) is 77.0 Å². The smallest absolute Gasteiger partial charge is 0.280 e. The van der Waals surface area contributed by atoms with Crippen molar-refractivity contribution in [2.45, 2.75) is 12.2 Å². The van der Waals surface area contributed by atoms with E-state index in [0.29, 0.717) is 11.6 Å². The summed E-state index contributed by atoms with van der Waals surface area (Å²) in [6.07, 6.45) is -0.899. The molecule has 0 spiro atoms. The van der Waals surface area contributed by atoms with Crippen LogP contribution in [0.2, 0.25) is 5.02 Å². The van der Waals surface area contributed by atoms with E-state index < -0.39 is 23.2 Å². The summed E-state index contributed by atoms with van der Waals surface area (Å²) in [4.78, 5) is 0. The molecule has 30 heavy (non-hydrogen) atoms. The second-order valence-corrected chi connectivity index (χ2v) is 9.38. The quantitative estimate of drug-likeness (QED) is 0.571. The van der Waals surface area contributed by atoms with Gasteiger partial charge in [0.05, 0.1) is 12.3 Å². The molecular formula is C20H25ClFN5O2S. The van der Waals surface area contributed by atoms with Gasteiger partial charge in [-0.1, -0.05) is 54.1 Å². The minimum Gasteiger partial charge on any atom is -0.280 e. The summed E-state index contributed by atoms with van der Waals surface area (Å²) in [7, 11) is -0.916. The van der Waals surface area contributed by atoms with Gasteiger partial charge in [-0.2, -0.15) is 22.5 Å². The highest BCUT2D eigenvalue weighted by Crippen LogP contribution is 2.30. The molecule has 1 heterocycles. The summed E-state index contributed by atoms with van der Waals surface area (Å²) in [5.41, 5.74) is 2.72. The normalized spacial score (nSPS) is 18.0. The molecule has 10 heteroatoms. The molecule has 0 fully saturated rings. The Morgan fingerprint density at radius 1 is 1.20 bits per heavy atom. The number of benzene rings is 2. The van der Waals surface area contributed by atoms with Crippen LogP contribution in [0.15, 0.2) is 59.7 Å². The lowest BCUT2D eigenvalue weighted by Crippen LogP contribution is -2.57. The van der Waals surface area contributed by atoms with Crippen LogP contribution in [0.3, 0.4) is 0 Å². The maximum atomic E-state index is 12.8. The SMILES string of the molecule is CN(C)S(=O)(=O)NC(NCCF)N1CC(c2ccccc2)C(c2ccc(Cl)cc2)=N1. The maximum absolute atomic E-state index is 12.8. The van der Waals surface area contributed by atoms with Crippen LogP contribution in [-0.4, -0.2) is 63.6 Å². The largest absolute Gasteiger partial charge is 0.281 e. The first-order chi connectivity index (χ1) is 14.3. The van der Waals surface area contributed by atoms with Gasteiger partial charge in [-0.15, -0.1) is 0 Å². The Hall–Kier alpha value is -2.04. The lowest BCUT2D eigenvalue weighted by atomic mass is 9.91. The molecule has 2 atom stereocenters. The minimum absolute atomic E-state index is 0.0150. The predicted molar refractivity (Wildman–Crippen MR) is 117 cm³/mol. The van der Waals surface area contributed by atoms with Crippen LogP contribution in [0.4, 0.5) is 4.39 Å². The first kappa shape index (κ1) is 22.6. The lowest BCUT2D eigenvalue weighted by molar-refractivity contribution is 0.168. The molecule has 0 aliphatic carbocycles. The van der Waals surface area contributed by atoms with Gasteiger partial charge in [0.15, 0.2) is 6.29 Å². The molecule has 2 N–H and O–H groups in total. The molecular weight excluding hydrogens is 429 g/mol. The van der Waals surface area contributed by atoms with Gasteiger partial charge in [-0.3, -0.25) is 10.3 Å². The molecule has 0 saturated heterocycles. The fraction of sp³-hybridized carbons (Fsp3) is 0.350. The summed E-state index contributed by atoms with van der Waals surface area (Å²) in [6, 6.07) is 17.2. The van der Waals surface area contributed by atoms with Crippen LogP contribution in [0.1, 0.15) is 17.0 Å². The van der Waals surface area contributed by atoms with E-state index in [4.69, 9.17) is 16.7 Å². The van der Waals surface area contributed by atoms with E-state index in [-0.39, 0.29) is 12.5 Å². The average molecular weight is 454 g/mol. The number of halogens is 2. The summed E-state index contributed by atoms with van der Waals surface area (Å²) in [5.74, 6) is -0.0917. The third-order valence-electron chi connectivity index (χ3n) is 4.75. The third kappa shape index (κ3) is 5.35. The number of hydrogen-bond acceptors (Lipinski definition) is 5. The fourth-order valence-corrected chi connectivity index (χ4v) is 3.98. The molecule has 162 valence electrons. The van der Waals surface area contributed by atoms with Crippen LogP contribution in [-0.2, 0) is 10.2 Å². The van der Waals surface area contributed by atoms with Crippen molar-refractivity contribution < 1.29 is 12.8 Å². The summed E-state index contributed by atoms with van der Waals surface area (Å²) >= 11 is 6.03. The predicted octanol–water partition coefficient (Wildman–Crippen LogP) is 2.38. The highest BCUT2D eigenvalue weighted by Gasteiger charge is 2.34. The number of alkyl halides is 1. The number of nitrogens with one attached hydrogen (secondary N) is 2. The van der Waals surface area contributed by atoms with Crippen molar-refractivity contribution in [3.63, 3.8) is 0 Å². The molecule has 0 amide bonds. The van der Waals surface area contributed by atoms with Crippen molar-refractivity contribution in [2.75, 3.05) is 33.9 Å². The second-order valence-electron chi connectivity index (χ2n) is 7.03. The molecule has 2 aromatic rings. The van der Waals surface area contributed by atoms with Crippen molar-refractivity contribution in [3.8, 4) is 0 Å². The molecule has 1 aliphatic heterocycles. The highest BCUT2D eigenvalue weighted by atomic mass is 35.5. The van der Waals surface area contributed by atoms with Gasteiger partial charge >= 0.3 is 0 Å². The highest BCUT2D eigenvalue weighted by molar-refractivity contribution is 7.87. The average Bonchev–Trinajstić information content (AvgIpc) is 3.17. The third-order valence-corrected chi connectivity index (χ3v) is 6.48. The van der Waals surface area contributed by atoms with Gasteiger partial charge in [0, 0.05) is 31.6 Å². The molecule has 3 rings (SSSR count). The van der Waals surface area contributed by atoms with E-state index in [1.807, 2.05) is 42.5 Å². The van der Waals surface area contributed by atoms with Gasteiger partial charge in [0.2, 0.25) is 0 Å². The van der Waals surface area contributed by atoms with E-state index in [1.165, 1.54) is 14.1 Å². The van der Waals surface area contributed by atoms with Crippen LogP contribution < -0.4 is 10.0 Å². The Balaban J connectivity index is 1.97. The van der Waals surface area contributed by atoms with E-state index >= 15 is 0 Å². The molecule has 0 aromatic heterocycles. The molecule has 0 bridgehead atoms. The monoisotopic (exact) mass is 453 g/mol. The first-order valence-electron chi connectivity index (χ1n) is 9.47.